The second-order valence-corrected chi connectivity index (χ2v) is 36.2. The summed E-state index contributed by atoms with van der Waals surface area (Å²) in [5, 5.41) is 10.7. The van der Waals surface area contributed by atoms with E-state index in [1.54, 1.807) is 0 Å². The number of unbranched alkanes of at least 4 members (excludes halogenated alkanes) is 50. The maximum atomic E-state index is 13.1. The van der Waals surface area contributed by atoms with E-state index in [0.29, 0.717) is 31.6 Å². The molecule has 0 amide bonds. The van der Waals surface area contributed by atoms with Crippen LogP contribution in [0.25, 0.3) is 0 Å². The third kappa shape index (κ3) is 80.5. The van der Waals surface area contributed by atoms with Crippen LogP contribution in [0, 0.1) is 23.7 Å². The molecule has 3 N–H and O–H groups in total. The summed E-state index contributed by atoms with van der Waals surface area (Å²) in [6.07, 6.45) is 66.7. The fourth-order valence-electron chi connectivity index (χ4n) is 13.6. The SMILES string of the molecule is CCC(C)CCCCCCCCCCCCCCCCCCCCC(=O)O[C@H](COC(=O)CCCCCCCCCC(C)C)COP(=O)(O)OCC(O)COP(=O)(O)OC[C@@H](COC(=O)CCCCCCCCCCCCCCCCC(C)C)OC(=O)CCCCCCCCCCCCCCCCCC(C)C. The summed E-state index contributed by atoms with van der Waals surface area (Å²) in [5.41, 5.74) is 0. The van der Waals surface area contributed by atoms with Crippen LogP contribution in [0.4, 0.5) is 0 Å². The largest absolute Gasteiger partial charge is 0.472 e. The molecule has 0 aliphatic carbocycles. The van der Waals surface area contributed by atoms with Gasteiger partial charge in [-0.2, -0.15) is 0 Å². The van der Waals surface area contributed by atoms with E-state index in [1.165, 1.54) is 257 Å². The summed E-state index contributed by atoms with van der Waals surface area (Å²) < 4.78 is 68.9. The van der Waals surface area contributed by atoms with Crippen molar-refractivity contribution in [3.8, 4) is 0 Å². The van der Waals surface area contributed by atoms with E-state index in [9.17, 15) is 43.2 Å². The van der Waals surface area contributed by atoms with Crippen molar-refractivity contribution in [1.82, 2.24) is 0 Å². The van der Waals surface area contributed by atoms with Gasteiger partial charge < -0.3 is 33.8 Å². The third-order valence-electron chi connectivity index (χ3n) is 20.9. The van der Waals surface area contributed by atoms with Crippen molar-refractivity contribution in [3.63, 3.8) is 0 Å². The Morgan fingerprint density at radius 2 is 0.449 bits per heavy atom. The lowest BCUT2D eigenvalue weighted by Crippen LogP contribution is -2.30. The quantitative estimate of drug-likeness (QED) is 0.0222. The van der Waals surface area contributed by atoms with Gasteiger partial charge in [0.15, 0.2) is 12.2 Å². The molecule has 0 aromatic carbocycles. The monoisotopic (exact) mass is 1560 g/mol. The van der Waals surface area contributed by atoms with Crippen molar-refractivity contribution in [1.29, 1.82) is 0 Å². The van der Waals surface area contributed by atoms with Crippen LogP contribution in [0.5, 0.6) is 0 Å². The molecule has 0 saturated heterocycles. The first-order chi connectivity index (χ1) is 51.6. The predicted octanol–water partition coefficient (Wildman–Crippen LogP) is 26.7. The van der Waals surface area contributed by atoms with Gasteiger partial charge in [0.1, 0.15) is 19.3 Å². The summed E-state index contributed by atoms with van der Waals surface area (Å²) in [4.78, 5) is 73.3. The van der Waals surface area contributed by atoms with E-state index >= 15 is 0 Å². The summed E-state index contributed by atoms with van der Waals surface area (Å²) in [6, 6.07) is 0. The second-order valence-electron chi connectivity index (χ2n) is 33.3. The Morgan fingerprint density at radius 1 is 0.262 bits per heavy atom. The molecule has 4 unspecified atom stereocenters. The number of phosphoric acid groups is 2. The Balaban J connectivity index is 5.21. The maximum Gasteiger partial charge on any atom is 0.472 e. The molecular weight excluding hydrogens is 1390 g/mol. The summed E-state index contributed by atoms with van der Waals surface area (Å²) in [5.74, 6) is 1.07. The van der Waals surface area contributed by atoms with E-state index in [-0.39, 0.29) is 25.7 Å². The van der Waals surface area contributed by atoms with Crippen LogP contribution in [0.1, 0.15) is 460 Å². The molecule has 0 bridgehead atoms. The van der Waals surface area contributed by atoms with Crippen molar-refractivity contribution in [2.75, 3.05) is 39.6 Å². The number of hydrogen-bond acceptors (Lipinski definition) is 15. The minimum Gasteiger partial charge on any atom is -0.462 e. The van der Waals surface area contributed by atoms with Crippen molar-refractivity contribution in [2.45, 2.75) is 478 Å². The normalized spacial score (nSPS) is 14.1. The van der Waals surface area contributed by atoms with Crippen LogP contribution in [-0.2, 0) is 65.4 Å². The van der Waals surface area contributed by atoms with Crippen molar-refractivity contribution in [3.05, 3.63) is 0 Å². The number of phosphoric ester groups is 2. The first-order valence-corrected chi connectivity index (χ1v) is 48.2. The molecule has 17 nitrogen and oxygen atoms in total. The Bertz CT molecular complexity index is 2080. The lowest BCUT2D eigenvalue weighted by Gasteiger charge is -2.21. The Hall–Kier alpha value is -1.94. The molecule has 0 heterocycles. The highest BCUT2D eigenvalue weighted by atomic mass is 31.2. The van der Waals surface area contributed by atoms with E-state index < -0.39 is 97.5 Å². The van der Waals surface area contributed by atoms with Crippen molar-refractivity contribution < 1.29 is 80.2 Å². The highest BCUT2D eigenvalue weighted by molar-refractivity contribution is 7.47. The van der Waals surface area contributed by atoms with Crippen LogP contribution < -0.4 is 0 Å². The zero-order chi connectivity index (χ0) is 78.8. The molecule has 0 aromatic rings. The maximum absolute atomic E-state index is 13.1. The number of carbonyl (C=O) groups is 4. The van der Waals surface area contributed by atoms with Crippen LogP contribution in [0.2, 0.25) is 0 Å². The van der Waals surface area contributed by atoms with Gasteiger partial charge in [-0.05, 0) is 49.4 Å². The minimum atomic E-state index is -4.97. The smallest absolute Gasteiger partial charge is 0.462 e. The van der Waals surface area contributed by atoms with Gasteiger partial charge in [-0.15, -0.1) is 0 Å². The molecule has 6 atom stereocenters. The van der Waals surface area contributed by atoms with Gasteiger partial charge in [-0.25, -0.2) is 9.13 Å². The third-order valence-corrected chi connectivity index (χ3v) is 22.8. The fraction of sp³-hybridized carbons (Fsp3) is 0.955. The molecule has 0 rings (SSSR count). The Morgan fingerprint density at radius 3 is 0.664 bits per heavy atom. The number of aliphatic hydroxyl groups is 1. The molecule has 0 aromatic heterocycles. The van der Waals surface area contributed by atoms with Gasteiger partial charge in [0.2, 0.25) is 0 Å². The lowest BCUT2D eigenvalue weighted by molar-refractivity contribution is -0.161. The van der Waals surface area contributed by atoms with E-state index in [1.807, 2.05) is 0 Å². The molecule has 0 spiro atoms. The van der Waals surface area contributed by atoms with E-state index in [0.717, 1.165) is 114 Å². The number of aliphatic hydroxyl groups excluding tert-OH is 1. The lowest BCUT2D eigenvalue weighted by atomic mass is 9.99. The number of hydrogen-bond donors (Lipinski definition) is 3. The average Bonchev–Trinajstić information content (AvgIpc) is 0.901. The van der Waals surface area contributed by atoms with Crippen molar-refractivity contribution >= 4 is 39.5 Å². The van der Waals surface area contributed by atoms with Crippen molar-refractivity contribution in [2.24, 2.45) is 23.7 Å². The zero-order valence-corrected chi connectivity index (χ0v) is 72.6. The van der Waals surface area contributed by atoms with Gasteiger partial charge in [0, 0.05) is 25.7 Å². The van der Waals surface area contributed by atoms with Gasteiger partial charge in [-0.1, -0.05) is 409 Å². The van der Waals surface area contributed by atoms with Crippen LogP contribution >= 0.6 is 15.6 Å². The summed E-state index contributed by atoms with van der Waals surface area (Å²) in [6.45, 7) is 14.4. The standard InChI is InChI=1S/C88H172O17P2/c1-9-81(8)67-59-51-43-35-29-23-16-12-10-11-13-17-25-31-37-45-54-62-71-88(93)105-84(75-99-86(91)69-61-53-47-39-42-50-58-66-80(6)7)77-103-107(96,97)101-73-82(89)72-100-106(94,95)102-76-83(74-98-85(90)68-60-52-44-36-30-24-20-19-22-28-34-41-49-57-65-79(4)5)104-87(92)70-63-55-46-38-32-26-18-14-15-21-27-33-40-48-56-64-78(2)3/h78-84,89H,9-77H2,1-8H3,(H,94,95)(H,96,97)/t81?,82?,83-,84-/m1/s1. The first-order valence-electron chi connectivity index (χ1n) is 45.2. The number of rotatable bonds is 85. The molecule has 0 aliphatic heterocycles. The number of carbonyl (C=O) groups excluding carboxylic acids is 4. The molecular formula is C88H172O17P2. The fourth-order valence-corrected chi connectivity index (χ4v) is 15.2. The molecule has 0 fully saturated rings. The van der Waals surface area contributed by atoms with Gasteiger partial charge in [0.05, 0.1) is 26.4 Å². The van der Waals surface area contributed by atoms with E-state index in [4.69, 9.17) is 37.0 Å². The molecule has 19 heteroatoms. The van der Waals surface area contributed by atoms with Gasteiger partial charge in [0.25, 0.3) is 0 Å². The van der Waals surface area contributed by atoms with Crippen LogP contribution in [-0.4, -0.2) is 96.7 Å². The first kappa shape index (κ1) is 105. The molecule has 0 radical (unpaired) electrons. The van der Waals surface area contributed by atoms with Crippen LogP contribution in [0.3, 0.4) is 0 Å². The molecule has 0 saturated carbocycles. The molecule has 0 aliphatic rings. The topological polar surface area (TPSA) is 237 Å². The van der Waals surface area contributed by atoms with E-state index in [2.05, 4.69) is 55.4 Å². The minimum absolute atomic E-state index is 0.107. The highest BCUT2D eigenvalue weighted by Gasteiger charge is 2.31. The number of esters is 4. The van der Waals surface area contributed by atoms with Crippen LogP contribution in [0.15, 0.2) is 0 Å². The Kier molecular flexibility index (Phi) is 75.3. The molecule has 636 valence electrons. The molecule has 107 heavy (non-hydrogen) atoms. The second kappa shape index (κ2) is 76.7. The highest BCUT2D eigenvalue weighted by Crippen LogP contribution is 2.45. The van der Waals surface area contributed by atoms with Gasteiger partial charge >= 0.3 is 39.5 Å². The predicted molar refractivity (Wildman–Crippen MR) is 441 cm³/mol. The summed E-state index contributed by atoms with van der Waals surface area (Å²) >= 11 is 0. The average molecular weight is 1560 g/mol. The van der Waals surface area contributed by atoms with Gasteiger partial charge in [-0.3, -0.25) is 37.3 Å². The zero-order valence-electron chi connectivity index (χ0n) is 70.8. The number of ether oxygens (including phenoxy) is 4. The Labute approximate surface area is 658 Å². The summed E-state index contributed by atoms with van der Waals surface area (Å²) in [7, 11) is -9.93.